The topological polar surface area (TPSA) is 0 Å². The van der Waals surface area contributed by atoms with Crippen LogP contribution >= 0.6 is 28.6 Å². The van der Waals surface area contributed by atoms with Crippen molar-refractivity contribution in [2.75, 3.05) is 5.75 Å². The predicted octanol–water partition coefficient (Wildman–Crippen LogP) is 2.86. The van der Waals surface area contributed by atoms with Gasteiger partial charge < -0.3 is 0 Å². The Labute approximate surface area is 86.9 Å². The Hall–Kier alpha value is -0.390. The van der Waals surface area contributed by atoms with Gasteiger partial charge in [-0.25, -0.2) is 0 Å². The molecule has 0 atom stereocenters. The van der Waals surface area contributed by atoms with Crippen molar-refractivity contribution in [3.05, 3.63) is 35.4 Å². The van der Waals surface area contributed by atoms with Crippen LogP contribution in [0.2, 0.25) is 0 Å². The molecule has 62 valence electrons. The molecule has 0 saturated heterocycles. The minimum Gasteiger partial charge on any atom is -0.166 e. The van der Waals surface area contributed by atoms with E-state index >= 15 is 0 Å². The van der Waals surface area contributed by atoms with Gasteiger partial charge in [0.1, 0.15) is 0 Å². The van der Waals surface area contributed by atoms with Gasteiger partial charge in [0.25, 0.3) is 0 Å². The molecule has 0 aliphatic heterocycles. The van der Waals surface area contributed by atoms with E-state index in [2.05, 4.69) is 46.5 Å². The van der Waals surface area contributed by atoms with Gasteiger partial charge in [-0.05, 0) is 11.6 Å². The molecule has 0 aliphatic carbocycles. The van der Waals surface area contributed by atoms with Gasteiger partial charge in [0, 0.05) is 10.9 Å². The standard InChI is InChI=1S/C10H9BrS/c11-8-10-5-2-1-4-9(10)6-3-7-12/h1-2,4-5,12H,7-8H2. The van der Waals surface area contributed by atoms with E-state index in [0.29, 0.717) is 5.75 Å². The Kier molecular flexibility index (Phi) is 4.27. The second-order valence-electron chi connectivity index (χ2n) is 2.25. The largest absolute Gasteiger partial charge is 0.166 e. The zero-order valence-corrected chi connectivity index (χ0v) is 9.03. The van der Waals surface area contributed by atoms with Crippen LogP contribution in [0.5, 0.6) is 0 Å². The van der Waals surface area contributed by atoms with Crippen molar-refractivity contribution < 1.29 is 0 Å². The van der Waals surface area contributed by atoms with Gasteiger partial charge in [0.15, 0.2) is 0 Å². The van der Waals surface area contributed by atoms with Crippen LogP contribution in [0.1, 0.15) is 11.1 Å². The molecule has 0 heterocycles. The summed E-state index contributed by atoms with van der Waals surface area (Å²) in [4.78, 5) is 0. The van der Waals surface area contributed by atoms with Crippen molar-refractivity contribution in [1.29, 1.82) is 0 Å². The van der Waals surface area contributed by atoms with Gasteiger partial charge in [0.2, 0.25) is 0 Å². The molecule has 0 unspecified atom stereocenters. The first-order valence-electron chi connectivity index (χ1n) is 3.62. The number of rotatable bonds is 1. The van der Waals surface area contributed by atoms with Gasteiger partial charge in [-0.15, -0.1) is 0 Å². The lowest BCUT2D eigenvalue weighted by atomic mass is 10.1. The summed E-state index contributed by atoms with van der Waals surface area (Å²) in [6.07, 6.45) is 0. The fourth-order valence-corrected chi connectivity index (χ4v) is 1.46. The van der Waals surface area contributed by atoms with E-state index in [4.69, 9.17) is 0 Å². The molecule has 0 N–H and O–H groups in total. The molecular weight excluding hydrogens is 232 g/mol. The molecule has 0 bridgehead atoms. The zero-order valence-electron chi connectivity index (χ0n) is 6.55. The number of thiol groups is 1. The summed E-state index contributed by atoms with van der Waals surface area (Å²) >= 11 is 7.44. The first-order chi connectivity index (χ1) is 5.88. The third-order valence-electron chi connectivity index (χ3n) is 1.46. The molecule has 1 rings (SSSR count). The van der Waals surface area contributed by atoms with E-state index in [9.17, 15) is 0 Å². The molecule has 0 aromatic heterocycles. The molecule has 1 aromatic carbocycles. The fourth-order valence-electron chi connectivity index (χ4n) is 0.894. The van der Waals surface area contributed by atoms with Crippen molar-refractivity contribution in [3.8, 4) is 11.8 Å². The lowest BCUT2D eigenvalue weighted by molar-refractivity contribution is 1.40. The van der Waals surface area contributed by atoms with E-state index in [1.165, 1.54) is 5.56 Å². The molecular formula is C10H9BrS. The number of halogens is 1. The second kappa shape index (κ2) is 5.29. The molecule has 0 saturated carbocycles. The number of hydrogen-bond acceptors (Lipinski definition) is 1. The minimum absolute atomic E-state index is 0.608. The van der Waals surface area contributed by atoms with Crippen LogP contribution in [0.25, 0.3) is 0 Å². The van der Waals surface area contributed by atoms with Crippen LogP contribution < -0.4 is 0 Å². The number of benzene rings is 1. The second-order valence-corrected chi connectivity index (χ2v) is 3.13. The average Bonchev–Trinajstić information content (AvgIpc) is 2.15. The van der Waals surface area contributed by atoms with Gasteiger partial charge in [-0.3, -0.25) is 0 Å². The molecule has 0 spiro atoms. The Morgan fingerprint density at radius 2 is 2.08 bits per heavy atom. The molecule has 0 nitrogen and oxygen atoms in total. The van der Waals surface area contributed by atoms with E-state index in [1.54, 1.807) is 0 Å². The summed E-state index contributed by atoms with van der Waals surface area (Å²) in [5.41, 5.74) is 2.32. The summed E-state index contributed by atoms with van der Waals surface area (Å²) in [6.45, 7) is 0. The SMILES string of the molecule is SCC#Cc1ccccc1CBr. The first-order valence-corrected chi connectivity index (χ1v) is 5.37. The normalized spacial score (nSPS) is 8.83. The highest BCUT2D eigenvalue weighted by Crippen LogP contribution is 2.10. The number of hydrogen-bond donors (Lipinski definition) is 1. The summed E-state index contributed by atoms with van der Waals surface area (Å²) in [5, 5.41) is 0.852. The van der Waals surface area contributed by atoms with Crippen LogP contribution in [-0.4, -0.2) is 5.75 Å². The van der Waals surface area contributed by atoms with Crippen molar-refractivity contribution in [1.82, 2.24) is 0 Å². The molecule has 0 radical (unpaired) electrons. The lowest BCUT2D eigenvalue weighted by Gasteiger charge is -1.97. The highest BCUT2D eigenvalue weighted by molar-refractivity contribution is 9.08. The molecule has 0 amide bonds. The Morgan fingerprint density at radius 3 is 2.75 bits per heavy atom. The molecule has 1 aromatic rings. The van der Waals surface area contributed by atoms with E-state index < -0.39 is 0 Å². The molecule has 12 heavy (non-hydrogen) atoms. The molecule has 0 fully saturated rings. The van der Waals surface area contributed by atoms with E-state index in [0.717, 1.165) is 10.9 Å². The smallest absolute Gasteiger partial charge is 0.0521 e. The minimum atomic E-state index is 0.608. The van der Waals surface area contributed by atoms with Gasteiger partial charge in [0.05, 0.1) is 5.75 Å². The van der Waals surface area contributed by atoms with Crippen molar-refractivity contribution in [3.63, 3.8) is 0 Å². The van der Waals surface area contributed by atoms with Gasteiger partial charge in [-0.1, -0.05) is 46.0 Å². The van der Waals surface area contributed by atoms with Crippen LogP contribution in [0.4, 0.5) is 0 Å². The highest BCUT2D eigenvalue weighted by atomic mass is 79.9. The van der Waals surface area contributed by atoms with Crippen molar-refractivity contribution >= 4 is 28.6 Å². The average molecular weight is 241 g/mol. The van der Waals surface area contributed by atoms with E-state index in [-0.39, 0.29) is 0 Å². The quantitative estimate of drug-likeness (QED) is 0.436. The number of alkyl halides is 1. The van der Waals surface area contributed by atoms with Crippen molar-refractivity contribution in [2.24, 2.45) is 0 Å². The maximum Gasteiger partial charge on any atom is 0.0521 e. The van der Waals surface area contributed by atoms with Crippen LogP contribution in [-0.2, 0) is 5.33 Å². The monoisotopic (exact) mass is 240 g/mol. The zero-order chi connectivity index (χ0) is 8.81. The summed E-state index contributed by atoms with van der Waals surface area (Å²) < 4.78 is 0. The van der Waals surface area contributed by atoms with Crippen LogP contribution in [0.15, 0.2) is 24.3 Å². The predicted molar refractivity (Wildman–Crippen MR) is 59.8 cm³/mol. The third kappa shape index (κ3) is 2.58. The third-order valence-corrected chi connectivity index (χ3v) is 2.23. The maximum absolute atomic E-state index is 4.03. The molecule has 0 aliphatic rings. The Bertz CT molecular complexity index is 309. The Morgan fingerprint density at radius 1 is 1.33 bits per heavy atom. The van der Waals surface area contributed by atoms with Crippen molar-refractivity contribution in [2.45, 2.75) is 5.33 Å². The fraction of sp³-hybridized carbons (Fsp3) is 0.200. The maximum atomic E-state index is 4.03. The van der Waals surface area contributed by atoms with Gasteiger partial charge in [-0.2, -0.15) is 12.6 Å². The first kappa shape index (κ1) is 9.70. The van der Waals surface area contributed by atoms with Gasteiger partial charge >= 0.3 is 0 Å². The summed E-state index contributed by atoms with van der Waals surface area (Å²) in [5.74, 6) is 6.60. The lowest BCUT2D eigenvalue weighted by Crippen LogP contribution is -1.83. The van der Waals surface area contributed by atoms with Crippen LogP contribution in [0, 0.1) is 11.8 Å². The summed E-state index contributed by atoms with van der Waals surface area (Å²) in [7, 11) is 0. The summed E-state index contributed by atoms with van der Waals surface area (Å²) in [6, 6.07) is 8.10. The van der Waals surface area contributed by atoms with Crippen LogP contribution in [0.3, 0.4) is 0 Å². The molecule has 2 heteroatoms. The highest BCUT2D eigenvalue weighted by Gasteiger charge is 1.94. The Balaban J connectivity index is 2.97. The van der Waals surface area contributed by atoms with E-state index in [1.807, 2.05) is 18.2 Å².